The summed E-state index contributed by atoms with van der Waals surface area (Å²) >= 11 is 1.56. The number of phenols is 1. The first-order valence-electron chi connectivity index (χ1n) is 9.75. The summed E-state index contributed by atoms with van der Waals surface area (Å²) in [5, 5.41) is 23.1. The number of thiophene rings is 1. The molecule has 1 amide bonds. The first kappa shape index (κ1) is 18.8. The van der Waals surface area contributed by atoms with E-state index in [9.17, 15) is 15.2 Å². The minimum atomic E-state index is -0.0282. The van der Waals surface area contributed by atoms with Crippen LogP contribution in [0.15, 0.2) is 24.3 Å². The van der Waals surface area contributed by atoms with E-state index in [2.05, 4.69) is 21.2 Å². The third-order valence-electron chi connectivity index (χ3n) is 5.54. The zero-order valence-corrected chi connectivity index (χ0v) is 16.6. The Morgan fingerprint density at radius 1 is 1.21 bits per heavy atom. The summed E-state index contributed by atoms with van der Waals surface area (Å²) in [7, 11) is 0. The van der Waals surface area contributed by atoms with E-state index in [0.29, 0.717) is 24.3 Å². The monoisotopic (exact) mass is 396 g/mol. The number of piperazine rings is 1. The number of aryl methyl sites for hydroxylation is 1. The van der Waals surface area contributed by atoms with Crippen LogP contribution in [0.5, 0.6) is 5.75 Å². The van der Waals surface area contributed by atoms with Gasteiger partial charge in [-0.1, -0.05) is 12.1 Å². The average Bonchev–Trinajstić information content (AvgIpc) is 3.28. The van der Waals surface area contributed by atoms with Crippen molar-refractivity contribution in [3.63, 3.8) is 0 Å². The number of anilines is 2. The number of hydrogen-bond donors (Lipinski definition) is 2. The number of fused-ring (bicyclic) bond motifs is 1. The summed E-state index contributed by atoms with van der Waals surface area (Å²) in [5.41, 5.74) is 2.68. The van der Waals surface area contributed by atoms with Crippen LogP contribution in [0.25, 0.3) is 0 Å². The minimum Gasteiger partial charge on any atom is -0.506 e. The molecule has 2 aromatic rings. The van der Waals surface area contributed by atoms with Crippen molar-refractivity contribution in [3.05, 3.63) is 40.3 Å². The maximum atomic E-state index is 12.4. The number of nitrogens with one attached hydrogen (secondary N) is 1. The Kier molecular flexibility index (Phi) is 5.51. The van der Waals surface area contributed by atoms with Gasteiger partial charge in [-0.25, -0.2) is 0 Å². The molecule has 0 radical (unpaired) electrons. The predicted molar refractivity (Wildman–Crippen MR) is 111 cm³/mol. The Balaban J connectivity index is 1.26. The van der Waals surface area contributed by atoms with Crippen LogP contribution in [0.2, 0.25) is 0 Å². The summed E-state index contributed by atoms with van der Waals surface area (Å²) in [6.45, 7) is 4.08. The van der Waals surface area contributed by atoms with Crippen LogP contribution in [-0.2, 0) is 17.6 Å². The Hall–Kier alpha value is -2.56. The van der Waals surface area contributed by atoms with Crippen molar-refractivity contribution in [1.82, 2.24) is 4.90 Å². The van der Waals surface area contributed by atoms with Crippen LogP contribution >= 0.6 is 11.3 Å². The molecule has 6 nitrogen and oxygen atoms in total. The number of hydrogen-bond acceptors (Lipinski definition) is 6. The van der Waals surface area contributed by atoms with Gasteiger partial charge in [0.1, 0.15) is 16.8 Å². The third kappa shape index (κ3) is 3.84. The fourth-order valence-corrected chi connectivity index (χ4v) is 5.26. The molecule has 1 aromatic carbocycles. The number of carbonyl (C=O) groups is 1. The largest absolute Gasteiger partial charge is 0.506 e. The van der Waals surface area contributed by atoms with Crippen molar-refractivity contribution < 1.29 is 9.90 Å². The molecule has 4 rings (SSSR count). The van der Waals surface area contributed by atoms with Crippen molar-refractivity contribution in [2.45, 2.75) is 25.7 Å². The molecule has 1 aromatic heterocycles. The summed E-state index contributed by atoms with van der Waals surface area (Å²) in [5.74, 6) is 0.283. The minimum absolute atomic E-state index is 0.0282. The maximum absolute atomic E-state index is 12.4. The lowest BCUT2D eigenvalue weighted by Crippen LogP contribution is -2.47. The van der Waals surface area contributed by atoms with Crippen LogP contribution in [-0.4, -0.2) is 48.6 Å². The topological polar surface area (TPSA) is 79.6 Å². The van der Waals surface area contributed by atoms with Gasteiger partial charge in [0.25, 0.3) is 0 Å². The number of phenolic OH excluding ortho intramolecular Hbond substituents is 1. The van der Waals surface area contributed by atoms with Gasteiger partial charge in [0, 0.05) is 44.0 Å². The molecule has 0 bridgehead atoms. The average molecular weight is 397 g/mol. The second-order valence-electron chi connectivity index (χ2n) is 7.29. The SMILES string of the molecule is N#Cc1c(NC(=O)CCN2CCN(c3ccccc3O)CC2)sc2c1CCC2. The second-order valence-corrected chi connectivity index (χ2v) is 8.39. The molecule has 2 heterocycles. The normalized spacial score (nSPS) is 16.6. The molecule has 0 saturated carbocycles. The van der Waals surface area contributed by atoms with Gasteiger partial charge in [-0.2, -0.15) is 5.26 Å². The van der Waals surface area contributed by atoms with Crippen molar-refractivity contribution in [1.29, 1.82) is 5.26 Å². The Bertz CT molecular complexity index is 910. The van der Waals surface area contributed by atoms with Crippen LogP contribution < -0.4 is 10.2 Å². The van der Waals surface area contributed by atoms with Gasteiger partial charge < -0.3 is 15.3 Å². The highest BCUT2D eigenvalue weighted by molar-refractivity contribution is 7.16. The van der Waals surface area contributed by atoms with Gasteiger partial charge >= 0.3 is 0 Å². The van der Waals surface area contributed by atoms with E-state index in [4.69, 9.17) is 0 Å². The maximum Gasteiger partial charge on any atom is 0.226 e. The molecule has 0 spiro atoms. The zero-order valence-electron chi connectivity index (χ0n) is 15.8. The summed E-state index contributed by atoms with van der Waals surface area (Å²) in [6, 6.07) is 9.67. The molecule has 0 unspecified atom stereocenters. The standard InChI is InChI=1S/C21H24N4O2S/c22-14-16-15-4-3-7-19(15)28-21(16)23-20(27)8-9-24-10-12-25(13-11-24)17-5-1-2-6-18(17)26/h1-2,5-6,26H,3-4,7-13H2,(H,23,27). The summed E-state index contributed by atoms with van der Waals surface area (Å²) in [4.78, 5) is 18.1. The lowest BCUT2D eigenvalue weighted by atomic mass is 10.1. The molecule has 1 saturated heterocycles. The second kappa shape index (κ2) is 8.21. The zero-order chi connectivity index (χ0) is 19.5. The third-order valence-corrected chi connectivity index (χ3v) is 6.74. The number of nitriles is 1. The summed E-state index contributed by atoms with van der Waals surface area (Å²) in [6.07, 6.45) is 3.50. The molecular formula is C21H24N4O2S. The molecule has 1 fully saturated rings. The molecule has 1 aliphatic heterocycles. The van der Waals surface area contributed by atoms with E-state index in [1.807, 2.05) is 18.2 Å². The van der Waals surface area contributed by atoms with Gasteiger partial charge in [0.05, 0.1) is 11.3 Å². The van der Waals surface area contributed by atoms with Crippen LogP contribution in [0.4, 0.5) is 10.7 Å². The van der Waals surface area contributed by atoms with Crippen LogP contribution in [0.3, 0.4) is 0 Å². The number of para-hydroxylation sites is 2. The Morgan fingerprint density at radius 3 is 2.75 bits per heavy atom. The molecule has 2 aliphatic rings. The van der Waals surface area contributed by atoms with Crippen molar-refractivity contribution in [2.24, 2.45) is 0 Å². The first-order valence-corrected chi connectivity index (χ1v) is 10.6. The van der Waals surface area contributed by atoms with Crippen LogP contribution in [0.1, 0.15) is 28.8 Å². The highest BCUT2D eigenvalue weighted by Gasteiger charge is 2.24. The highest BCUT2D eigenvalue weighted by Crippen LogP contribution is 2.38. The number of benzene rings is 1. The van der Waals surface area contributed by atoms with Crippen molar-refractivity contribution >= 4 is 27.9 Å². The molecule has 146 valence electrons. The number of nitrogens with zero attached hydrogens (tertiary/aromatic N) is 3. The lowest BCUT2D eigenvalue weighted by Gasteiger charge is -2.36. The van der Waals surface area contributed by atoms with Gasteiger partial charge in [-0.15, -0.1) is 11.3 Å². The molecular weight excluding hydrogens is 372 g/mol. The van der Waals surface area contributed by atoms with E-state index in [-0.39, 0.29) is 5.91 Å². The molecule has 2 N–H and O–H groups in total. The van der Waals surface area contributed by atoms with Gasteiger partial charge in [-0.05, 0) is 37.0 Å². The highest BCUT2D eigenvalue weighted by atomic mass is 32.1. The molecule has 7 heteroatoms. The van der Waals surface area contributed by atoms with Crippen molar-refractivity contribution in [2.75, 3.05) is 42.9 Å². The van der Waals surface area contributed by atoms with Crippen LogP contribution in [0, 0.1) is 11.3 Å². The summed E-state index contributed by atoms with van der Waals surface area (Å²) < 4.78 is 0. The quantitative estimate of drug-likeness (QED) is 0.812. The molecule has 28 heavy (non-hydrogen) atoms. The Labute approximate surface area is 169 Å². The van der Waals surface area contributed by atoms with E-state index >= 15 is 0 Å². The van der Waals surface area contributed by atoms with Gasteiger partial charge in [0.2, 0.25) is 5.91 Å². The Morgan fingerprint density at radius 2 is 2.00 bits per heavy atom. The number of rotatable bonds is 5. The lowest BCUT2D eigenvalue weighted by molar-refractivity contribution is -0.116. The molecule has 1 aliphatic carbocycles. The fraction of sp³-hybridized carbons (Fsp3) is 0.429. The van der Waals surface area contributed by atoms with E-state index in [1.165, 1.54) is 4.88 Å². The number of carbonyl (C=O) groups excluding carboxylic acids is 1. The predicted octanol–water partition coefficient (Wildman–Crippen LogP) is 2.96. The van der Waals surface area contributed by atoms with E-state index in [0.717, 1.165) is 61.7 Å². The fourth-order valence-electron chi connectivity index (χ4n) is 4.00. The van der Waals surface area contributed by atoms with Gasteiger partial charge in [-0.3, -0.25) is 9.69 Å². The van der Waals surface area contributed by atoms with Crippen molar-refractivity contribution in [3.8, 4) is 11.8 Å². The van der Waals surface area contributed by atoms with E-state index in [1.54, 1.807) is 17.4 Å². The molecule has 0 atom stereocenters. The number of aromatic hydroxyl groups is 1. The van der Waals surface area contributed by atoms with E-state index < -0.39 is 0 Å². The van der Waals surface area contributed by atoms with Gasteiger partial charge in [0.15, 0.2) is 0 Å². The number of amides is 1. The smallest absolute Gasteiger partial charge is 0.226 e. The first-order chi connectivity index (χ1) is 13.7.